The van der Waals surface area contributed by atoms with Crippen molar-refractivity contribution in [2.75, 3.05) is 33.3 Å². The number of rotatable bonds is 4. The van der Waals surface area contributed by atoms with Gasteiger partial charge in [0.1, 0.15) is 5.75 Å². The highest BCUT2D eigenvalue weighted by atomic mass is 35.5. The van der Waals surface area contributed by atoms with E-state index in [9.17, 15) is 13.2 Å². The number of carbonyl (C=O) groups is 3. The maximum absolute atomic E-state index is 12.7. The highest BCUT2D eigenvalue weighted by molar-refractivity contribution is 7.89. The molecule has 0 saturated carbocycles. The number of hydrogen-bond donors (Lipinski definition) is 2. The summed E-state index contributed by atoms with van der Waals surface area (Å²) in [6.07, 6.45) is 0. The highest BCUT2D eigenvalue weighted by Gasteiger charge is 2.30. The van der Waals surface area contributed by atoms with Gasteiger partial charge in [0.2, 0.25) is 10.0 Å². The highest BCUT2D eigenvalue weighted by Crippen LogP contribution is 2.22. The van der Waals surface area contributed by atoms with Gasteiger partial charge in [0.05, 0.1) is 22.6 Å². The van der Waals surface area contributed by atoms with Crippen LogP contribution in [0.4, 0.5) is 0 Å². The number of hydrogen-bond acceptors (Lipinski definition) is 6. The molecular weight excluding hydrogens is 464 g/mol. The molecule has 1 aliphatic heterocycles. The molecule has 1 aliphatic rings. The quantitative estimate of drug-likeness (QED) is 0.624. The van der Waals surface area contributed by atoms with Crippen LogP contribution in [0.3, 0.4) is 0 Å². The van der Waals surface area contributed by atoms with Crippen LogP contribution in [0, 0.1) is 0 Å². The second kappa shape index (κ2) is 10.9. The SMILES string of the molecule is COc1ccc(S(=O)(=O)N2CCN(C(=O)c3ccccc3Cl)CC2)cc1.O=C(O)C(=O)O. The predicted molar refractivity (Wildman–Crippen MR) is 114 cm³/mol. The molecular formula is C20H21ClN2O8S. The number of nitrogens with zero attached hydrogens (tertiary/aromatic N) is 2. The lowest BCUT2D eigenvalue weighted by Gasteiger charge is -2.34. The van der Waals surface area contributed by atoms with E-state index < -0.39 is 22.0 Å². The molecule has 2 aromatic rings. The number of halogens is 1. The van der Waals surface area contributed by atoms with Crippen molar-refractivity contribution < 1.29 is 37.8 Å². The summed E-state index contributed by atoms with van der Waals surface area (Å²) in [5, 5.41) is 15.2. The monoisotopic (exact) mass is 484 g/mol. The maximum atomic E-state index is 12.7. The van der Waals surface area contributed by atoms with Crippen LogP contribution in [-0.4, -0.2) is 79.0 Å². The Morgan fingerprint density at radius 1 is 0.906 bits per heavy atom. The lowest BCUT2D eigenvalue weighted by Crippen LogP contribution is -2.50. The summed E-state index contributed by atoms with van der Waals surface area (Å²) < 4.78 is 31.9. The van der Waals surface area contributed by atoms with E-state index in [1.807, 2.05) is 0 Å². The van der Waals surface area contributed by atoms with E-state index in [1.54, 1.807) is 41.3 Å². The molecule has 0 bridgehead atoms. The van der Waals surface area contributed by atoms with Crippen molar-refractivity contribution in [2.24, 2.45) is 0 Å². The minimum Gasteiger partial charge on any atom is -0.497 e. The topological polar surface area (TPSA) is 142 Å². The number of carboxylic acids is 2. The van der Waals surface area contributed by atoms with Crippen molar-refractivity contribution in [1.29, 1.82) is 0 Å². The van der Waals surface area contributed by atoms with Crippen molar-refractivity contribution in [3.63, 3.8) is 0 Å². The van der Waals surface area contributed by atoms with Crippen LogP contribution >= 0.6 is 11.6 Å². The molecule has 3 rings (SSSR count). The fourth-order valence-electron chi connectivity index (χ4n) is 2.83. The smallest absolute Gasteiger partial charge is 0.414 e. The van der Waals surface area contributed by atoms with Crippen LogP contribution < -0.4 is 4.74 Å². The minimum atomic E-state index is -3.60. The number of sulfonamides is 1. The molecule has 12 heteroatoms. The standard InChI is InChI=1S/C18H19ClN2O4S.C2H2O4/c1-25-14-6-8-15(9-7-14)26(23,24)21-12-10-20(11-13-21)18(22)16-4-2-3-5-17(16)19;3-1(4)2(5)6/h2-9H,10-13H2,1H3;(H,3,4)(H,5,6). The summed E-state index contributed by atoms with van der Waals surface area (Å²) in [5.74, 6) is -3.23. The third-order valence-electron chi connectivity index (χ3n) is 4.51. The summed E-state index contributed by atoms with van der Waals surface area (Å²) in [6.45, 7) is 1.12. The molecule has 0 aliphatic carbocycles. The first-order chi connectivity index (χ1) is 15.1. The summed E-state index contributed by atoms with van der Waals surface area (Å²) in [5.41, 5.74) is 0.431. The van der Waals surface area contributed by atoms with Crippen LogP contribution in [0.5, 0.6) is 5.75 Å². The normalized spacial score (nSPS) is 14.1. The molecule has 0 spiro atoms. The van der Waals surface area contributed by atoms with Crippen molar-refractivity contribution in [3.05, 3.63) is 59.1 Å². The number of aliphatic carboxylic acids is 2. The van der Waals surface area contributed by atoms with Crippen molar-refractivity contribution in [2.45, 2.75) is 4.90 Å². The van der Waals surface area contributed by atoms with Crippen molar-refractivity contribution in [3.8, 4) is 5.75 Å². The van der Waals surface area contributed by atoms with Crippen molar-refractivity contribution in [1.82, 2.24) is 9.21 Å². The molecule has 0 radical (unpaired) electrons. The van der Waals surface area contributed by atoms with E-state index in [4.69, 9.17) is 36.1 Å². The molecule has 0 unspecified atom stereocenters. The average Bonchev–Trinajstić information content (AvgIpc) is 2.79. The maximum Gasteiger partial charge on any atom is 0.414 e. The average molecular weight is 485 g/mol. The van der Waals surface area contributed by atoms with Gasteiger partial charge in [-0.25, -0.2) is 18.0 Å². The van der Waals surface area contributed by atoms with Gasteiger partial charge >= 0.3 is 11.9 Å². The summed E-state index contributed by atoms with van der Waals surface area (Å²) in [6, 6.07) is 13.1. The zero-order valence-corrected chi connectivity index (χ0v) is 18.5. The van der Waals surface area contributed by atoms with Gasteiger partial charge in [-0.15, -0.1) is 0 Å². The van der Waals surface area contributed by atoms with Crippen LogP contribution in [0.25, 0.3) is 0 Å². The van der Waals surface area contributed by atoms with Gasteiger partial charge in [0.25, 0.3) is 5.91 Å². The molecule has 1 saturated heterocycles. The largest absolute Gasteiger partial charge is 0.497 e. The number of carbonyl (C=O) groups excluding carboxylic acids is 1. The first kappa shape index (κ1) is 25.1. The Hall–Kier alpha value is -3.15. The van der Waals surface area contributed by atoms with E-state index in [0.29, 0.717) is 29.4 Å². The number of benzene rings is 2. The number of amides is 1. The summed E-state index contributed by atoms with van der Waals surface area (Å²) >= 11 is 6.08. The Balaban J connectivity index is 0.000000534. The van der Waals surface area contributed by atoms with E-state index in [-0.39, 0.29) is 23.9 Å². The van der Waals surface area contributed by atoms with Gasteiger partial charge in [-0.1, -0.05) is 23.7 Å². The molecule has 2 aromatic carbocycles. The van der Waals surface area contributed by atoms with Crippen LogP contribution in [0.15, 0.2) is 53.4 Å². The number of ether oxygens (including phenoxy) is 1. The molecule has 1 amide bonds. The van der Waals surface area contributed by atoms with Gasteiger partial charge < -0.3 is 19.8 Å². The zero-order valence-electron chi connectivity index (χ0n) is 17.0. The van der Waals surface area contributed by atoms with Crippen LogP contribution in [0.2, 0.25) is 5.02 Å². The second-order valence-corrected chi connectivity index (χ2v) is 8.81. The Morgan fingerprint density at radius 3 is 1.91 bits per heavy atom. The van der Waals surface area contributed by atoms with Gasteiger partial charge in [0, 0.05) is 26.2 Å². The molecule has 172 valence electrons. The molecule has 2 N–H and O–H groups in total. The fourth-order valence-corrected chi connectivity index (χ4v) is 4.47. The zero-order chi connectivity index (χ0) is 23.9. The predicted octanol–water partition coefficient (Wildman–Crippen LogP) is 1.65. The summed E-state index contributed by atoms with van der Waals surface area (Å²) in [4.78, 5) is 32.6. The van der Waals surface area contributed by atoms with Gasteiger partial charge in [-0.2, -0.15) is 4.31 Å². The molecule has 0 aromatic heterocycles. The lowest BCUT2D eigenvalue weighted by atomic mass is 10.2. The third-order valence-corrected chi connectivity index (χ3v) is 6.75. The van der Waals surface area contributed by atoms with Gasteiger partial charge in [-0.3, -0.25) is 4.79 Å². The van der Waals surface area contributed by atoms with Crippen molar-refractivity contribution >= 4 is 39.5 Å². The van der Waals surface area contributed by atoms with E-state index in [0.717, 1.165) is 0 Å². The molecule has 0 atom stereocenters. The number of methoxy groups -OCH3 is 1. The van der Waals surface area contributed by atoms with Gasteiger partial charge in [-0.05, 0) is 36.4 Å². The molecule has 1 fully saturated rings. The van der Waals surface area contributed by atoms with E-state index >= 15 is 0 Å². The first-order valence-corrected chi connectivity index (χ1v) is 11.0. The fraction of sp³-hybridized carbons (Fsp3) is 0.250. The molecule has 10 nitrogen and oxygen atoms in total. The van der Waals surface area contributed by atoms with Crippen LogP contribution in [-0.2, 0) is 19.6 Å². The Labute approximate surface area is 189 Å². The van der Waals surface area contributed by atoms with Gasteiger partial charge in [0.15, 0.2) is 0 Å². The Morgan fingerprint density at radius 2 is 1.44 bits per heavy atom. The third kappa shape index (κ3) is 6.19. The lowest BCUT2D eigenvalue weighted by molar-refractivity contribution is -0.159. The summed E-state index contributed by atoms with van der Waals surface area (Å²) in [7, 11) is -2.07. The minimum absolute atomic E-state index is 0.183. The number of carboxylic acid groups (broad SMARTS) is 2. The van der Waals surface area contributed by atoms with E-state index in [1.165, 1.54) is 23.5 Å². The number of piperazine rings is 1. The Kier molecular flexibility index (Phi) is 8.58. The molecule has 1 heterocycles. The molecule has 32 heavy (non-hydrogen) atoms. The first-order valence-electron chi connectivity index (χ1n) is 9.22. The van der Waals surface area contributed by atoms with Crippen LogP contribution in [0.1, 0.15) is 10.4 Å². The second-order valence-electron chi connectivity index (χ2n) is 6.46. The Bertz CT molecular complexity index is 1070. The van der Waals surface area contributed by atoms with E-state index in [2.05, 4.69) is 0 Å².